The number of benzene rings is 1. The maximum absolute atomic E-state index is 12.7. The molecule has 1 amide bonds. The Morgan fingerprint density at radius 3 is 2.72 bits per heavy atom. The minimum atomic E-state index is -0.318. The van der Waals surface area contributed by atoms with E-state index in [0.717, 1.165) is 16.8 Å². The third-order valence-corrected chi connectivity index (χ3v) is 6.94. The van der Waals surface area contributed by atoms with Crippen LogP contribution in [0.25, 0.3) is 0 Å². The van der Waals surface area contributed by atoms with Crippen LogP contribution in [0.5, 0.6) is 0 Å². The number of carbonyl (C=O) groups is 2. The number of hydrogen-bond acceptors (Lipinski definition) is 7. The van der Waals surface area contributed by atoms with Crippen molar-refractivity contribution in [3.63, 3.8) is 0 Å². The van der Waals surface area contributed by atoms with Gasteiger partial charge in [0.15, 0.2) is 4.34 Å². The van der Waals surface area contributed by atoms with Crippen LogP contribution < -0.4 is 5.32 Å². The highest BCUT2D eigenvalue weighted by Crippen LogP contribution is 2.28. The average Bonchev–Trinajstić information content (AvgIpc) is 3.31. The minimum absolute atomic E-state index is 0.119. The van der Waals surface area contributed by atoms with Gasteiger partial charge in [0.25, 0.3) is 0 Å². The van der Waals surface area contributed by atoms with Crippen molar-refractivity contribution in [3.8, 4) is 6.07 Å². The van der Waals surface area contributed by atoms with Gasteiger partial charge in [-0.3, -0.25) is 9.59 Å². The maximum Gasteiger partial charge on any atom is 0.311 e. The van der Waals surface area contributed by atoms with Crippen molar-refractivity contribution in [1.29, 1.82) is 5.26 Å². The van der Waals surface area contributed by atoms with Crippen LogP contribution in [-0.2, 0) is 27.3 Å². The molecule has 166 valence electrons. The quantitative estimate of drug-likeness (QED) is 0.371. The second kappa shape index (κ2) is 11.0. The largest absolute Gasteiger partial charge is 0.466 e. The fourth-order valence-corrected chi connectivity index (χ4v) is 4.83. The summed E-state index contributed by atoms with van der Waals surface area (Å²) in [6, 6.07) is 12.1. The highest BCUT2D eigenvalue weighted by molar-refractivity contribution is 8.01. The third kappa shape index (κ3) is 5.78. The molecule has 0 radical (unpaired) electrons. The van der Waals surface area contributed by atoms with Crippen LogP contribution in [0.2, 0.25) is 0 Å². The van der Waals surface area contributed by atoms with Gasteiger partial charge in [-0.05, 0) is 31.9 Å². The molecule has 2 aromatic heterocycles. The first-order valence-corrected chi connectivity index (χ1v) is 12.0. The molecule has 3 rings (SSSR count). The minimum Gasteiger partial charge on any atom is -0.466 e. The Morgan fingerprint density at radius 1 is 1.28 bits per heavy atom. The molecule has 0 atom stereocenters. The Hall–Kier alpha value is -3.09. The van der Waals surface area contributed by atoms with Crippen LogP contribution in [0.4, 0.5) is 5.82 Å². The molecule has 0 aliphatic heterocycles. The number of nitriles is 1. The standard InChI is InChI=1S/C23H24N4O3S2/c1-4-30-21(29)10-18-13-31-23(25-18)32-14-20(28)26-22-19(11-24)15(2)16(3)27(22)12-17-8-6-5-7-9-17/h5-9,13H,4,10,12,14H2,1-3H3,(H,26,28). The Labute approximate surface area is 195 Å². The zero-order valence-corrected chi connectivity index (χ0v) is 19.8. The molecule has 1 N–H and O–H groups in total. The lowest BCUT2D eigenvalue weighted by Gasteiger charge is -2.13. The van der Waals surface area contributed by atoms with E-state index < -0.39 is 0 Å². The van der Waals surface area contributed by atoms with Gasteiger partial charge < -0.3 is 14.6 Å². The van der Waals surface area contributed by atoms with E-state index in [1.165, 1.54) is 23.1 Å². The predicted molar refractivity (Wildman–Crippen MR) is 126 cm³/mol. The number of carbonyl (C=O) groups excluding carboxylic acids is 2. The first kappa shape index (κ1) is 23.6. The molecule has 32 heavy (non-hydrogen) atoms. The predicted octanol–water partition coefficient (Wildman–Crippen LogP) is 4.32. The van der Waals surface area contributed by atoms with E-state index >= 15 is 0 Å². The molecule has 1 aromatic carbocycles. The van der Waals surface area contributed by atoms with Crippen molar-refractivity contribution < 1.29 is 14.3 Å². The highest BCUT2D eigenvalue weighted by atomic mass is 32.2. The molecular formula is C23H24N4O3S2. The zero-order chi connectivity index (χ0) is 23.1. The van der Waals surface area contributed by atoms with Gasteiger partial charge in [0.2, 0.25) is 5.91 Å². The summed E-state index contributed by atoms with van der Waals surface area (Å²) in [5, 5.41) is 14.4. The van der Waals surface area contributed by atoms with Crippen molar-refractivity contribution >= 4 is 40.8 Å². The molecule has 2 heterocycles. The molecule has 0 bridgehead atoms. The molecule has 0 unspecified atom stereocenters. The van der Waals surface area contributed by atoms with E-state index in [9.17, 15) is 14.9 Å². The van der Waals surface area contributed by atoms with Gasteiger partial charge in [0.05, 0.1) is 30.0 Å². The second-order valence-corrected chi connectivity index (χ2v) is 9.12. The molecule has 3 aromatic rings. The van der Waals surface area contributed by atoms with Gasteiger partial charge in [-0.2, -0.15) is 5.26 Å². The lowest BCUT2D eigenvalue weighted by molar-refractivity contribution is -0.142. The summed E-state index contributed by atoms with van der Waals surface area (Å²) in [7, 11) is 0. The first-order valence-electron chi connectivity index (χ1n) is 10.1. The number of ether oxygens (including phenoxy) is 1. The summed E-state index contributed by atoms with van der Waals surface area (Å²) >= 11 is 2.68. The number of thiazole rings is 1. The van der Waals surface area contributed by atoms with Gasteiger partial charge in [-0.25, -0.2) is 4.98 Å². The van der Waals surface area contributed by atoms with Gasteiger partial charge >= 0.3 is 5.97 Å². The van der Waals surface area contributed by atoms with Crippen LogP contribution >= 0.6 is 23.1 Å². The molecule has 0 saturated carbocycles. The van der Waals surface area contributed by atoms with E-state index in [-0.39, 0.29) is 24.1 Å². The number of esters is 1. The van der Waals surface area contributed by atoms with Crippen LogP contribution in [-0.4, -0.2) is 33.8 Å². The Morgan fingerprint density at radius 2 is 2.03 bits per heavy atom. The molecule has 0 aliphatic carbocycles. The van der Waals surface area contributed by atoms with Gasteiger partial charge in [0.1, 0.15) is 11.9 Å². The van der Waals surface area contributed by atoms with E-state index in [1.54, 1.807) is 12.3 Å². The van der Waals surface area contributed by atoms with Crippen molar-refractivity contribution in [1.82, 2.24) is 9.55 Å². The van der Waals surface area contributed by atoms with Gasteiger partial charge in [-0.15, -0.1) is 11.3 Å². The van der Waals surface area contributed by atoms with E-state index in [0.29, 0.717) is 34.6 Å². The maximum atomic E-state index is 12.7. The lowest BCUT2D eigenvalue weighted by atomic mass is 10.2. The first-order chi connectivity index (χ1) is 15.4. The lowest BCUT2D eigenvalue weighted by Crippen LogP contribution is -2.18. The Bertz CT molecular complexity index is 1150. The number of nitrogens with one attached hydrogen (secondary N) is 1. The summed E-state index contributed by atoms with van der Waals surface area (Å²) < 4.78 is 7.60. The van der Waals surface area contributed by atoms with Crippen LogP contribution in [0.1, 0.15) is 35.0 Å². The Balaban J connectivity index is 1.68. The smallest absolute Gasteiger partial charge is 0.311 e. The molecule has 0 spiro atoms. The number of rotatable bonds is 9. The molecule has 0 fully saturated rings. The third-order valence-electron chi connectivity index (χ3n) is 4.87. The summed E-state index contributed by atoms with van der Waals surface area (Å²) in [6.07, 6.45) is 0.119. The van der Waals surface area contributed by atoms with Gasteiger partial charge in [-0.1, -0.05) is 42.1 Å². The Kier molecular flexibility index (Phi) is 8.09. The summed E-state index contributed by atoms with van der Waals surface area (Å²) in [6.45, 7) is 6.49. The molecule has 0 saturated heterocycles. The van der Waals surface area contributed by atoms with Gasteiger partial charge in [0, 0.05) is 17.6 Å². The topological polar surface area (TPSA) is 97.0 Å². The van der Waals surface area contributed by atoms with Crippen LogP contribution in [0.3, 0.4) is 0 Å². The van der Waals surface area contributed by atoms with Crippen molar-refractivity contribution in [2.45, 2.75) is 38.1 Å². The van der Waals surface area contributed by atoms with E-state index in [1.807, 2.05) is 48.7 Å². The molecule has 7 nitrogen and oxygen atoms in total. The number of aromatic nitrogens is 2. The monoisotopic (exact) mass is 468 g/mol. The fraction of sp³-hybridized carbons (Fsp3) is 0.304. The zero-order valence-electron chi connectivity index (χ0n) is 18.2. The van der Waals surface area contributed by atoms with Crippen molar-refractivity contribution in [2.75, 3.05) is 17.7 Å². The number of nitrogens with zero attached hydrogens (tertiary/aromatic N) is 3. The normalized spacial score (nSPS) is 10.6. The highest BCUT2D eigenvalue weighted by Gasteiger charge is 2.20. The SMILES string of the molecule is CCOC(=O)Cc1csc(SCC(=O)Nc2c(C#N)c(C)c(C)n2Cc2ccccc2)n1. The van der Waals surface area contributed by atoms with Crippen LogP contribution in [0, 0.1) is 25.2 Å². The number of anilines is 1. The number of thioether (sulfide) groups is 1. The number of hydrogen-bond donors (Lipinski definition) is 1. The number of amides is 1. The fourth-order valence-electron chi connectivity index (χ4n) is 3.19. The summed E-state index contributed by atoms with van der Waals surface area (Å²) in [4.78, 5) is 28.7. The molecular weight excluding hydrogens is 444 g/mol. The van der Waals surface area contributed by atoms with E-state index in [4.69, 9.17) is 4.74 Å². The molecule has 0 aliphatic rings. The average molecular weight is 469 g/mol. The van der Waals surface area contributed by atoms with Crippen molar-refractivity contribution in [3.05, 3.63) is 63.8 Å². The second-order valence-electron chi connectivity index (χ2n) is 7.04. The molecule has 9 heteroatoms. The summed E-state index contributed by atoms with van der Waals surface area (Å²) in [5.41, 5.74) is 3.98. The summed E-state index contributed by atoms with van der Waals surface area (Å²) in [5.74, 6) is 0.117. The van der Waals surface area contributed by atoms with Crippen molar-refractivity contribution in [2.24, 2.45) is 0 Å². The van der Waals surface area contributed by atoms with Crippen LogP contribution in [0.15, 0.2) is 40.1 Å². The van der Waals surface area contributed by atoms with E-state index in [2.05, 4.69) is 16.4 Å².